The lowest BCUT2D eigenvalue weighted by Crippen LogP contribution is -2.13. The highest BCUT2D eigenvalue weighted by atomic mass is 16.6. The van der Waals surface area contributed by atoms with Gasteiger partial charge >= 0.3 is 5.97 Å². The van der Waals surface area contributed by atoms with Crippen molar-refractivity contribution in [3.8, 4) is 0 Å². The number of aliphatic hydroxyl groups is 1. The normalized spacial score (nSPS) is 22.2. The summed E-state index contributed by atoms with van der Waals surface area (Å²) in [5.41, 5.74) is 0. The van der Waals surface area contributed by atoms with Gasteiger partial charge in [0, 0.05) is 6.42 Å². The maximum absolute atomic E-state index is 10.3. The zero-order valence-corrected chi connectivity index (χ0v) is 14.5. The fraction of sp³-hybridized carbons (Fsp3) is 0.550. The molecule has 0 bridgehead atoms. The maximum atomic E-state index is 10.3. The second-order valence-electron chi connectivity index (χ2n) is 5.87. The van der Waals surface area contributed by atoms with E-state index in [0.717, 1.165) is 32.1 Å². The predicted octanol–water partition coefficient (Wildman–Crippen LogP) is 4.17. The molecule has 1 saturated heterocycles. The molecule has 134 valence electrons. The van der Waals surface area contributed by atoms with Crippen molar-refractivity contribution in [1.29, 1.82) is 0 Å². The van der Waals surface area contributed by atoms with Gasteiger partial charge in [-0.25, -0.2) is 0 Å². The first-order valence-electron chi connectivity index (χ1n) is 8.82. The number of allylic oxidation sites excluding steroid dienone is 6. The van der Waals surface area contributed by atoms with Gasteiger partial charge in [-0.3, -0.25) is 4.79 Å². The molecule has 1 aliphatic rings. The van der Waals surface area contributed by atoms with E-state index in [-0.39, 0.29) is 18.6 Å². The third-order valence-electron chi connectivity index (χ3n) is 3.70. The molecule has 0 aliphatic carbocycles. The van der Waals surface area contributed by atoms with E-state index >= 15 is 0 Å². The lowest BCUT2D eigenvalue weighted by molar-refractivity contribution is -0.137. The SMILES string of the molecule is CC/C=C\C/C=C\CC1OC1C(O)/C=C\C/C=C\CCCC(=O)O. The Morgan fingerprint density at radius 1 is 1.08 bits per heavy atom. The van der Waals surface area contributed by atoms with Crippen LogP contribution in [0, 0.1) is 0 Å². The number of aliphatic hydroxyl groups excluding tert-OH is 1. The summed E-state index contributed by atoms with van der Waals surface area (Å²) in [6, 6.07) is 0. The first-order valence-corrected chi connectivity index (χ1v) is 8.82. The Morgan fingerprint density at radius 2 is 1.79 bits per heavy atom. The van der Waals surface area contributed by atoms with E-state index in [1.165, 1.54) is 0 Å². The monoisotopic (exact) mass is 334 g/mol. The molecular weight excluding hydrogens is 304 g/mol. The molecule has 0 saturated carbocycles. The molecule has 1 rings (SSSR count). The van der Waals surface area contributed by atoms with E-state index < -0.39 is 12.1 Å². The van der Waals surface area contributed by atoms with Crippen LogP contribution in [-0.4, -0.2) is 34.5 Å². The number of rotatable bonds is 13. The van der Waals surface area contributed by atoms with Gasteiger partial charge in [0.25, 0.3) is 0 Å². The van der Waals surface area contributed by atoms with Crippen LogP contribution >= 0.6 is 0 Å². The molecule has 0 aromatic heterocycles. The summed E-state index contributed by atoms with van der Waals surface area (Å²) >= 11 is 0. The smallest absolute Gasteiger partial charge is 0.303 e. The van der Waals surface area contributed by atoms with E-state index in [2.05, 4.69) is 31.2 Å². The van der Waals surface area contributed by atoms with Crippen molar-refractivity contribution in [1.82, 2.24) is 0 Å². The number of carboxylic acid groups (broad SMARTS) is 1. The molecule has 3 unspecified atom stereocenters. The number of unbranched alkanes of at least 4 members (excludes halogenated alkanes) is 1. The van der Waals surface area contributed by atoms with Crippen molar-refractivity contribution in [3.63, 3.8) is 0 Å². The van der Waals surface area contributed by atoms with Crippen LogP contribution in [0.15, 0.2) is 48.6 Å². The van der Waals surface area contributed by atoms with Crippen molar-refractivity contribution in [2.75, 3.05) is 0 Å². The van der Waals surface area contributed by atoms with Crippen molar-refractivity contribution < 1.29 is 19.7 Å². The van der Waals surface area contributed by atoms with Gasteiger partial charge in [-0.15, -0.1) is 0 Å². The molecule has 2 N–H and O–H groups in total. The average Bonchev–Trinajstić information content (AvgIpc) is 3.32. The van der Waals surface area contributed by atoms with Crippen molar-refractivity contribution >= 4 is 5.97 Å². The molecule has 1 fully saturated rings. The lowest BCUT2D eigenvalue weighted by atomic mass is 10.1. The van der Waals surface area contributed by atoms with Crippen LogP contribution in [0.5, 0.6) is 0 Å². The van der Waals surface area contributed by atoms with Crippen molar-refractivity contribution in [3.05, 3.63) is 48.6 Å². The zero-order valence-electron chi connectivity index (χ0n) is 14.5. The Bertz CT molecular complexity index is 462. The van der Waals surface area contributed by atoms with Gasteiger partial charge in [-0.05, 0) is 38.5 Å². The van der Waals surface area contributed by atoms with Crippen molar-refractivity contribution in [2.45, 2.75) is 70.2 Å². The molecule has 1 heterocycles. The predicted molar refractivity (Wildman–Crippen MR) is 96.9 cm³/mol. The van der Waals surface area contributed by atoms with Gasteiger partial charge in [0.15, 0.2) is 0 Å². The summed E-state index contributed by atoms with van der Waals surface area (Å²) in [7, 11) is 0. The van der Waals surface area contributed by atoms with Gasteiger partial charge in [-0.2, -0.15) is 0 Å². The van der Waals surface area contributed by atoms with Crippen molar-refractivity contribution in [2.24, 2.45) is 0 Å². The number of hydrogen-bond donors (Lipinski definition) is 2. The van der Waals surface area contributed by atoms with E-state index in [1.54, 1.807) is 6.08 Å². The fourth-order valence-electron chi connectivity index (χ4n) is 2.31. The molecule has 4 nitrogen and oxygen atoms in total. The third kappa shape index (κ3) is 10.2. The van der Waals surface area contributed by atoms with Gasteiger partial charge in [0.1, 0.15) is 12.2 Å². The van der Waals surface area contributed by atoms with Gasteiger partial charge in [-0.1, -0.05) is 55.5 Å². The van der Waals surface area contributed by atoms with Crippen LogP contribution in [0.4, 0.5) is 0 Å². The van der Waals surface area contributed by atoms with E-state index in [4.69, 9.17) is 9.84 Å². The molecule has 1 aliphatic heterocycles. The molecule has 3 atom stereocenters. The number of carboxylic acids is 1. The topological polar surface area (TPSA) is 70.1 Å². The molecule has 0 spiro atoms. The number of ether oxygens (including phenoxy) is 1. The Kier molecular flexibility index (Phi) is 10.8. The van der Waals surface area contributed by atoms with Gasteiger partial charge in [0.05, 0.1) is 6.10 Å². The standard InChI is InChI=1S/C20H30O4/c1-2-3-4-5-9-12-15-18-20(24-18)17(21)14-11-8-6-7-10-13-16-19(22)23/h3-4,6-7,9,11-12,14,17-18,20-21H,2,5,8,10,13,15-16H2,1H3,(H,22,23)/b4-3-,7-6-,12-9-,14-11-. The second-order valence-corrected chi connectivity index (χ2v) is 5.87. The summed E-state index contributed by atoms with van der Waals surface area (Å²) in [6.07, 6.45) is 20.9. The zero-order chi connectivity index (χ0) is 17.6. The molecule has 0 aromatic rings. The largest absolute Gasteiger partial charge is 0.481 e. The third-order valence-corrected chi connectivity index (χ3v) is 3.70. The molecule has 0 amide bonds. The highest BCUT2D eigenvalue weighted by molar-refractivity contribution is 5.66. The van der Waals surface area contributed by atoms with Crippen LogP contribution in [0.1, 0.15) is 51.9 Å². The highest BCUT2D eigenvalue weighted by Crippen LogP contribution is 2.29. The lowest BCUT2D eigenvalue weighted by Gasteiger charge is -1.99. The summed E-state index contributed by atoms with van der Waals surface area (Å²) < 4.78 is 5.49. The molecular formula is C20H30O4. The quantitative estimate of drug-likeness (QED) is 0.301. The maximum Gasteiger partial charge on any atom is 0.303 e. The van der Waals surface area contributed by atoms with Gasteiger partial charge in [0.2, 0.25) is 0 Å². The minimum Gasteiger partial charge on any atom is -0.481 e. The van der Waals surface area contributed by atoms with Crippen LogP contribution in [0.3, 0.4) is 0 Å². The Morgan fingerprint density at radius 3 is 2.54 bits per heavy atom. The number of epoxide rings is 1. The minimum atomic E-state index is -0.752. The van der Waals surface area contributed by atoms with Crippen LogP contribution in [0.2, 0.25) is 0 Å². The Balaban J connectivity index is 2.07. The Hall–Kier alpha value is -1.65. The van der Waals surface area contributed by atoms with E-state index in [1.807, 2.05) is 18.2 Å². The van der Waals surface area contributed by atoms with Gasteiger partial charge < -0.3 is 14.9 Å². The molecule has 0 aromatic carbocycles. The fourth-order valence-corrected chi connectivity index (χ4v) is 2.31. The number of hydrogen-bond acceptors (Lipinski definition) is 3. The summed E-state index contributed by atoms with van der Waals surface area (Å²) in [5, 5.41) is 18.5. The molecule has 0 radical (unpaired) electrons. The first-order chi connectivity index (χ1) is 11.6. The van der Waals surface area contributed by atoms with Crippen LogP contribution < -0.4 is 0 Å². The van der Waals surface area contributed by atoms with E-state index in [9.17, 15) is 9.90 Å². The Labute approximate surface area is 145 Å². The highest BCUT2D eigenvalue weighted by Gasteiger charge is 2.42. The summed E-state index contributed by atoms with van der Waals surface area (Å²) in [5.74, 6) is -0.752. The summed E-state index contributed by atoms with van der Waals surface area (Å²) in [4.78, 5) is 10.3. The molecule has 24 heavy (non-hydrogen) atoms. The minimum absolute atomic E-state index is 0.0865. The first kappa shape index (κ1) is 20.4. The second kappa shape index (κ2) is 12.7. The van der Waals surface area contributed by atoms with E-state index in [0.29, 0.717) is 6.42 Å². The van der Waals surface area contributed by atoms with Crippen LogP contribution in [-0.2, 0) is 9.53 Å². The summed E-state index contributed by atoms with van der Waals surface area (Å²) in [6.45, 7) is 2.12. The van der Waals surface area contributed by atoms with Crippen LogP contribution in [0.25, 0.3) is 0 Å². The average molecular weight is 334 g/mol. The number of aliphatic carboxylic acids is 1. The number of carbonyl (C=O) groups is 1. The molecule has 4 heteroatoms.